The molecule has 11 heteroatoms. The number of hydrogen-bond donors (Lipinski definition) is 0. The molecule has 0 saturated carbocycles. The number of methoxy groups -OCH3 is 2. The average Bonchev–Trinajstić information content (AvgIpc) is 3.43. The van der Waals surface area contributed by atoms with Crippen molar-refractivity contribution in [2.24, 2.45) is 4.99 Å². The van der Waals surface area contributed by atoms with Gasteiger partial charge in [-0.25, -0.2) is 4.99 Å². The highest BCUT2D eigenvalue weighted by Gasteiger charge is 2.36. The summed E-state index contributed by atoms with van der Waals surface area (Å²) in [6.07, 6.45) is 1.81. The smallest absolute Gasteiger partial charge is 0.271 e. The molecule has 0 aliphatic carbocycles. The van der Waals surface area contributed by atoms with Gasteiger partial charge in [-0.15, -0.1) is 0 Å². The number of likely N-dealkylation sites (N-methyl/N-ethyl adjacent to an activating group) is 1. The molecule has 254 valence electrons. The summed E-state index contributed by atoms with van der Waals surface area (Å²) in [4.78, 5) is 35.9. The number of ether oxygens (including phenoxy) is 3. The maximum atomic E-state index is 14.6. The van der Waals surface area contributed by atoms with E-state index in [9.17, 15) is 14.9 Å². The number of hydrogen-bond acceptors (Lipinski definition) is 8. The molecule has 9 nitrogen and oxygen atoms in total. The van der Waals surface area contributed by atoms with E-state index >= 15 is 0 Å². The minimum Gasteiger partial charge on any atom is -0.496 e. The fourth-order valence-electron chi connectivity index (χ4n) is 6.30. The Labute approximate surface area is 307 Å². The Morgan fingerprint density at radius 3 is 2.48 bits per heavy atom. The van der Waals surface area contributed by atoms with Crippen LogP contribution in [0.1, 0.15) is 49.1 Å². The van der Waals surface area contributed by atoms with E-state index < -0.39 is 6.04 Å². The van der Waals surface area contributed by atoms with Gasteiger partial charge in [0.2, 0.25) is 0 Å². The van der Waals surface area contributed by atoms with Crippen molar-refractivity contribution in [1.29, 1.82) is 5.26 Å². The maximum absolute atomic E-state index is 14.6. The standard InChI is InChI=1S/C39H35IN4O5S/c1-6-43(7-2)38(46)33-23(3)42-39-44(35(33)34-28-15-11-10-12-25(28)16-17-30(34)47-4)37(45)32(50-39)20-24-18-29(40)36(31(19-24)48-5)49-22-27-14-9-8-13-26(27)21-41/h8-20,35H,6-7,22H2,1-5H3/b32-20+/t35-/m1/s1. The second-order valence-corrected chi connectivity index (χ2v) is 13.7. The summed E-state index contributed by atoms with van der Waals surface area (Å²) < 4.78 is 20.7. The van der Waals surface area contributed by atoms with Gasteiger partial charge in [0.15, 0.2) is 16.3 Å². The summed E-state index contributed by atoms with van der Waals surface area (Å²) in [7, 11) is 3.17. The van der Waals surface area contributed by atoms with Crippen LogP contribution in [0.2, 0.25) is 0 Å². The summed E-state index contributed by atoms with van der Waals surface area (Å²) in [5.74, 6) is 1.44. The van der Waals surface area contributed by atoms with Crippen LogP contribution in [0, 0.1) is 14.9 Å². The Balaban J connectivity index is 1.51. The van der Waals surface area contributed by atoms with Crippen molar-refractivity contribution in [3.05, 3.63) is 130 Å². The Morgan fingerprint density at radius 2 is 1.76 bits per heavy atom. The first-order chi connectivity index (χ1) is 24.2. The van der Waals surface area contributed by atoms with Gasteiger partial charge in [-0.3, -0.25) is 14.2 Å². The quantitative estimate of drug-likeness (QED) is 0.153. The van der Waals surface area contributed by atoms with Gasteiger partial charge in [-0.1, -0.05) is 59.9 Å². The van der Waals surface area contributed by atoms with E-state index in [1.54, 1.807) is 29.8 Å². The van der Waals surface area contributed by atoms with Gasteiger partial charge >= 0.3 is 0 Å². The third kappa shape index (κ3) is 6.41. The number of carbonyl (C=O) groups is 1. The molecule has 0 saturated heterocycles. The number of nitriles is 1. The van der Waals surface area contributed by atoms with E-state index in [4.69, 9.17) is 19.2 Å². The van der Waals surface area contributed by atoms with Gasteiger partial charge in [0.25, 0.3) is 11.5 Å². The summed E-state index contributed by atoms with van der Waals surface area (Å²) in [5.41, 5.74) is 3.51. The van der Waals surface area contributed by atoms with Gasteiger partial charge in [0.05, 0.1) is 45.2 Å². The second-order valence-electron chi connectivity index (χ2n) is 11.6. The third-order valence-electron chi connectivity index (χ3n) is 8.79. The minimum absolute atomic E-state index is 0.169. The predicted molar refractivity (Wildman–Crippen MR) is 203 cm³/mol. The molecule has 0 bridgehead atoms. The topological polar surface area (TPSA) is 106 Å². The lowest BCUT2D eigenvalue weighted by Crippen LogP contribution is -2.43. The van der Waals surface area contributed by atoms with Gasteiger partial charge < -0.3 is 19.1 Å². The molecule has 1 amide bonds. The molecule has 50 heavy (non-hydrogen) atoms. The van der Waals surface area contributed by atoms with Crippen molar-refractivity contribution in [3.8, 4) is 23.3 Å². The molecule has 1 aliphatic heterocycles. The Morgan fingerprint density at radius 1 is 1.04 bits per heavy atom. The molecule has 0 unspecified atom stereocenters. The molecule has 5 aromatic rings. The molecule has 6 rings (SSSR count). The highest BCUT2D eigenvalue weighted by atomic mass is 127. The average molecular weight is 799 g/mol. The molecule has 1 atom stereocenters. The van der Waals surface area contributed by atoms with E-state index in [1.807, 2.05) is 93.6 Å². The zero-order valence-corrected chi connectivity index (χ0v) is 31.3. The Bertz CT molecular complexity index is 2390. The van der Waals surface area contributed by atoms with Gasteiger partial charge in [0.1, 0.15) is 18.4 Å². The normalized spacial score (nSPS) is 14.2. The van der Waals surface area contributed by atoms with Crippen LogP contribution in [0.25, 0.3) is 16.8 Å². The minimum atomic E-state index is -0.774. The van der Waals surface area contributed by atoms with Crippen LogP contribution in [-0.2, 0) is 11.4 Å². The number of thiazole rings is 1. The lowest BCUT2D eigenvalue weighted by Gasteiger charge is -2.30. The molecule has 0 N–H and O–H groups in total. The molecule has 1 aliphatic rings. The fourth-order valence-corrected chi connectivity index (χ4v) is 8.13. The van der Waals surface area contributed by atoms with Gasteiger partial charge in [0, 0.05) is 24.2 Å². The highest BCUT2D eigenvalue weighted by Crippen LogP contribution is 2.41. The molecular weight excluding hydrogens is 763 g/mol. The van der Waals surface area contributed by atoms with E-state index in [1.165, 1.54) is 11.3 Å². The van der Waals surface area contributed by atoms with Crippen molar-refractivity contribution in [2.75, 3.05) is 27.3 Å². The first-order valence-electron chi connectivity index (χ1n) is 16.1. The first kappa shape index (κ1) is 34.9. The van der Waals surface area contributed by atoms with Crippen molar-refractivity contribution in [1.82, 2.24) is 9.47 Å². The molecule has 2 heterocycles. The number of carbonyl (C=O) groups excluding carboxylic acids is 1. The first-order valence-corrected chi connectivity index (χ1v) is 18.0. The monoisotopic (exact) mass is 798 g/mol. The van der Waals surface area contributed by atoms with Crippen LogP contribution in [0.4, 0.5) is 0 Å². The summed E-state index contributed by atoms with van der Waals surface area (Å²) in [5, 5.41) is 11.3. The summed E-state index contributed by atoms with van der Waals surface area (Å²) in [6, 6.07) is 24.2. The van der Waals surface area contributed by atoms with E-state index in [0.29, 0.717) is 56.5 Å². The molecule has 0 radical (unpaired) electrons. The maximum Gasteiger partial charge on any atom is 0.271 e. The number of fused-ring (bicyclic) bond motifs is 2. The van der Waals surface area contributed by atoms with Crippen molar-refractivity contribution >= 4 is 56.7 Å². The molecule has 4 aromatic carbocycles. The highest BCUT2D eigenvalue weighted by molar-refractivity contribution is 14.1. The van der Waals surface area contributed by atoms with Gasteiger partial charge in [-0.2, -0.15) is 5.26 Å². The lowest BCUT2D eigenvalue weighted by molar-refractivity contribution is -0.127. The number of amides is 1. The number of aromatic nitrogens is 1. The molecular formula is C39H35IN4O5S. The third-order valence-corrected chi connectivity index (χ3v) is 10.6. The predicted octanol–water partition coefficient (Wildman–Crippen LogP) is 6.33. The second kappa shape index (κ2) is 14.9. The zero-order chi connectivity index (χ0) is 35.5. The number of rotatable bonds is 10. The van der Waals surface area contributed by atoms with Crippen LogP contribution in [0.3, 0.4) is 0 Å². The molecule has 0 fully saturated rings. The number of halogens is 1. The summed E-state index contributed by atoms with van der Waals surface area (Å²) in [6.45, 7) is 6.94. The zero-order valence-electron chi connectivity index (χ0n) is 28.3. The van der Waals surface area contributed by atoms with Crippen LogP contribution in [-0.4, -0.2) is 42.7 Å². The van der Waals surface area contributed by atoms with Crippen molar-refractivity contribution < 1.29 is 19.0 Å². The van der Waals surface area contributed by atoms with Gasteiger partial charge in [-0.05, 0) is 90.0 Å². The Kier molecular flexibility index (Phi) is 10.4. The van der Waals surface area contributed by atoms with Crippen LogP contribution in [0.5, 0.6) is 17.2 Å². The van der Waals surface area contributed by atoms with Crippen molar-refractivity contribution in [2.45, 2.75) is 33.4 Å². The number of nitrogens with zero attached hydrogens (tertiary/aromatic N) is 4. The van der Waals surface area contributed by atoms with Crippen LogP contribution in [0.15, 0.2) is 93.9 Å². The fraction of sp³-hybridized carbons (Fsp3) is 0.231. The van der Waals surface area contributed by atoms with E-state index in [2.05, 4.69) is 28.7 Å². The lowest BCUT2D eigenvalue weighted by atomic mass is 9.90. The van der Waals surface area contributed by atoms with Crippen molar-refractivity contribution in [3.63, 3.8) is 0 Å². The van der Waals surface area contributed by atoms with E-state index in [0.717, 1.165) is 31.0 Å². The molecule has 0 spiro atoms. The SMILES string of the molecule is CCN(CC)C(=O)C1=C(C)N=c2s/c(=C/c3cc(I)c(OCc4ccccc4C#N)c(OC)c3)c(=O)n2[C@H]1c1c(OC)ccc2ccccc12. The number of benzene rings is 4. The number of allylic oxidation sites excluding steroid dienone is 1. The summed E-state index contributed by atoms with van der Waals surface area (Å²) >= 11 is 3.45. The van der Waals surface area contributed by atoms with Crippen LogP contribution < -0.4 is 29.1 Å². The molecule has 1 aromatic heterocycles. The largest absolute Gasteiger partial charge is 0.496 e. The van der Waals surface area contributed by atoms with Crippen LogP contribution >= 0.6 is 33.9 Å². The van der Waals surface area contributed by atoms with E-state index in [-0.39, 0.29) is 18.1 Å². The Hall–Kier alpha value is -4.93.